The van der Waals surface area contributed by atoms with E-state index in [0.29, 0.717) is 13.0 Å². The van der Waals surface area contributed by atoms with Crippen molar-refractivity contribution in [3.63, 3.8) is 0 Å². The van der Waals surface area contributed by atoms with Crippen molar-refractivity contribution in [3.05, 3.63) is 33.8 Å². The molecule has 0 aliphatic carbocycles. The minimum atomic E-state index is -0.551. The SMILES string of the molecule is COCC(N)CCc1c(F)ccc(Br)c1F. The van der Waals surface area contributed by atoms with E-state index in [1.54, 1.807) is 7.11 Å². The molecule has 0 heterocycles. The molecule has 1 aromatic carbocycles. The first-order chi connectivity index (χ1) is 7.56. The molecule has 0 radical (unpaired) electrons. The maximum Gasteiger partial charge on any atom is 0.143 e. The second-order valence-corrected chi connectivity index (χ2v) is 4.43. The first kappa shape index (κ1) is 13.5. The number of nitrogens with two attached hydrogens (primary N) is 1. The van der Waals surface area contributed by atoms with Crippen LogP contribution < -0.4 is 5.73 Å². The molecule has 1 rings (SSSR count). The van der Waals surface area contributed by atoms with Crippen LogP contribution in [-0.2, 0) is 11.2 Å². The van der Waals surface area contributed by atoms with E-state index in [2.05, 4.69) is 15.9 Å². The summed E-state index contributed by atoms with van der Waals surface area (Å²) in [5.74, 6) is -1.09. The van der Waals surface area contributed by atoms with E-state index in [9.17, 15) is 8.78 Å². The third-order valence-electron chi connectivity index (χ3n) is 2.28. The summed E-state index contributed by atoms with van der Waals surface area (Å²) >= 11 is 3.02. The molecule has 2 N–H and O–H groups in total. The minimum absolute atomic E-state index is 0.0703. The third kappa shape index (κ3) is 3.50. The van der Waals surface area contributed by atoms with Gasteiger partial charge in [-0.25, -0.2) is 8.78 Å². The minimum Gasteiger partial charge on any atom is -0.383 e. The van der Waals surface area contributed by atoms with Gasteiger partial charge in [-0.1, -0.05) is 0 Å². The van der Waals surface area contributed by atoms with Gasteiger partial charge in [-0.2, -0.15) is 0 Å². The Balaban J connectivity index is 2.70. The fraction of sp³-hybridized carbons (Fsp3) is 0.455. The van der Waals surface area contributed by atoms with E-state index >= 15 is 0 Å². The molecule has 0 aliphatic heterocycles. The topological polar surface area (TPSA) is 35.2 Å². The molecule has 0 saturated carbocycles. The van der Waals surface area contributed by atoms with Gasteiger partial charge in [-0.05, 0) is 40.9 Å². The lowest BCUT2D eigenvalue weighted by atomic mass is 10.1. The Hall–Kier alpha value is -0.520. The van der Waals surface area contributed by atoms with Crippen molar-refractivity contribution in [1.82, 2.24) is 0 Å². The van der Waals surface area contributed by atoms with E-state index in [1.807, 2.05) is 0 Å². The van der Waals surface area contributed by atoms with Crippen LogP contribution >= 0.6 is 15.9 Å². The molecule has 1 aromatic rings. The normalized spacial score (nSPS) is 12.8. The Morgan fingerprint density at radius 3 is 2.75 bits per heavy atom. The van der Waals surface area contributed by atoms with Gasteiger partial charge in [0.2, 0.25) is 0 Å². The summed E-state index contributed by atoms with van der Waals surface area (Å²) in [6.45, 7) is 0.386. The van der Waals surface area contributed by atoms with Crippen molar-refractivity contribution in [1.29, 1.82) is 0 Å². The predicted octanol–water partition coefficient (Wildman–Crippen LogP) is 2.63. The zero-order valence-electron chi connectivity index (χ0n) is 8.97. The number of benzene rings is 1. The lowest BCUT2D eigenvalue weighted by Gasteiger charge is -2.11. The van der Waals surface area contributed by atoms with Crippen molar-refractivity contribution in [2.24, 2.45) is 5.73 Å². The molecule has 5 heteroatoms. The van der Waals surface area contributed by atoms with Crippen LogP contribution in [0.4, 0.5) is 8.78 Å². The smallest absolute Gasteiger partial charge is 0.143 e. The quantitative estimate of drug-likeness (QED) is 0.847. The van der Waals surface area contributed by atoms with Gasteiger partial charge in [-0.15, -0.1) is 0 Å². The van der Waals surface area contributed by atoms with E-state index in [4.69, 9.17) is 10.5 Å². The molecule has 1 unspecified atom stereocenters. The van der Waals surface area contributed by atoms with Crippen LogP contribution in [0.2, 0.25) is 0 Å². The number of methoxy groups -OCH3 is 1. The molecule has 1 atom stereocenters. The average Bonchev–Trinajstić information content (AvgIpc) is 2.24. The Labute approximate surface area is 102 Å². The Morgan fingerprint density at radius 1 is 1.44 bits per heavy atom. The Morgan fingerprint density at radius 2 is 2.12 bits per heavy atom. The summed E-state index contributed by atoms with van der Waals surface area (Å²) in [6.07, 6.45) is 0.750. The highest BCUT2D eigenvalue weighted by Gasteiger charge is 2.13. The number of hydrogen-bond acceptors (Lipinski definition) is 2. The second kappa shape index (κ2) is 6.27. The van der Waals surface area contributed by atoms with Crippen LogP contribution in [0.15, 0.2) is 16.6 Å². The summed E-state index contributed by atoms with van der Waals surface area (Å²) in [5, 5.41) is 0. The summed E-state index contributed by atoms with van der Waals surface area (Å²) < 4.78 is 32.0. The van der Waals surface area contributed by atoms with Gasteiger partial charge in [-0.3, -0.25) is 0 Å². The summed E-state index contributed by atoms with van der Waals surface area (Å²) in [4.78, 5) is 0. The van der Waals surface area contributed by atoms with E-state index in [0.717, 1.165) is 0 Å². The third-order valence-corrected chi connectivity index (χ3v) is 2.90. The van der Waals surface area contributed by atoms with Gasteiger partial charge in [0, 0.05) is 18.7 Å². The van der Waals surface area contributed by atoms with Gasteiger partial charge in [0.15, 0.2) is 0 Å². The maximum atomic E-state index is 13.5. The first-order valence-corrected chi connectivity index (χ1v) is 5.72. The molecule has 0 amide bonds. The Bertz CT molecular complexity index is 360. The van der Waals surface area contributed by atoms with Gasteiger partial charge in [0.05, 0.1) is 11.1 Å². The highest BCUT2D eigenvalue weighted by Crippen LogP contribution is 2.22. The highest BCUT2D eigenvalue weighted by atomic mass is 79.9. The van der Waals surface area contributed by atoms with Crippen molar-refractivity contribution in [3.8, 4) is 0 Å². The predicted molar refractivity (Wildman–Crippen MR) is 62.2 cm³/mol. The maximum absolute atomic E-state index is 13.5. The molecule has 0 aliphatic rings. The largest absolute Gasteiger partial charge is 0.383 e. The highest BCUT2D eigenvalue weighted by molar-refractivity contribution is 9.10. The molecular weight excluding hydrogens is 280 g/mol. The average molecular weight is 294 g/mol. The van der Waals surface area contributed by atoms with Crippen LogP contribution in [-0.4, -0.2) is 19.8 Å². The van der Waals surface area contributed by atoms with Gasteiger partial charge in [0.25, 0.3) is 0 Å². The lowest BCUT2D eigenvalue weighted by Crippen LogP contribution is -2.26. The number of halogens is 3. The van der Waals surface area contributed by atoms with Gasteiger partial charge >= 0.3 is 0 Å². The number of rotatable bonds is 5. The standard InChI is InChI=1S/C11H14BrF2NO/c1-16-6-7(15)2-3-8-10(13)5-4-9(12)11(8)14/h4-5,7H,2-3,6,15H2,1H3. The van der Waals surface area contributed by atoms with Crippen molar-refractivity contribution in [2.45, 2.75) is 18.9 Å². The van der Waals surface area contributed by atoms with Crippen LogP contribution in [0.1, 0.15) is 12.0 Å². The van der Waals surface area contributed by atoms with Crippen LogP contribution in [0.25, 0.3) is 0 Å². The molecule has 16 heavy (non-hydrogen) atoms. The first-order valence-electron chi connectivity index (χ1n) is 4.93. The Kier molecular flexibility index (Phi) is 5.31. The van der Waals surface area contributed by atoms with E-state index < -0.39 is 11.6 Å². The fourth-order valence-corrected chi connectivity index (χ4v) is 1.80. The molecule has 0 aromatic heterocycles. The molecule has 0 spiro atoms. The number of ether oxygens (including phenoxy) is 1. The monoisotopic (exact) mass is 293 g/mol. The zero-order chi connectivity index (χ0) is 12.1. The fourth-order valence-electron chi connectivity index (χ4n) is 1.43. The van der Waals surface area contributed by atoms with Gasteiger partial charge < -0.3 is 10.5 Å². The summed E-state index contributed by atoms with van der Waals surface area (Å²) in [5.41, 5.74) is 5.76. The molecule has 0 fully saturated rings. The van der Waals surface area contributed by atoms with Crippen molar-refractivity contribution >= 4 is 15.9 Å². The molecule has 0 bridgehead atoms. The van der Waals surface area contributed by atoms with E-state index in [1.165, 1.54) is 12.1 Å². The second-order valence-electron chi connectivity index (χ2n) is 3.58. The van der Waals surface area contributed by atoms with Gasteiger partial charge in [0.1, 0.15) is 11.6 Å². The molecule has 0 saturated heterocycles. The van der Waals surface area contributed by atoms with E-state index in [-0.39, 0.29) is 22.5 Å². The zero-order valence-corrected chi connectivity index (χ0v) is 10.6. The van der Waals surface area contributed by atoms with Crippen molar-refractivity contribution in [2.75, 3.05) is 13.7 Å². The summed E-state index contributed by atoms with van der Waals surface area (Å²) in [7, 11) is 1.54. The number of hydrogen-bond donors (Lipinski definition) is 1. The molecule has 2 nitrogen and oxygen atoms in total. The van der Waals surface area contributed by atoms with Crippen LogP contribution in [0.5, 0.6) is 0 Å². The van der Waals surface area contributed by atoms with Crippen LogP contribution in [0.3, 0.4) is 0 Å². The van der Waals surface area contributed by atoms with Crippen LogP contribution in [0, 0.1) is 11.6 Å². The summed E-state index contributed by atoms with van der Waals surface area (Å²) in [6, 6.07) is 2.39. The molecule has 90 valence electrons. The molecular formula is C11H14BrF2NO. The lowest BCUT2D eigenvalue weighted by molar-refractivity contribution is 0.177. The van der Waals surface area contributed by atoms with Crippen molar-refractivity contribution < 1.29 is 13.5 Å².